The maximum Gasteiger partial charge on any atom is 0.277 e. The van der Waals surface area contributed by atoms with E-state index in [9.17, 15) is 39.0 Å². The molecule has 0 amide bonds. The molecule has 2 N–H and O–H groups in total. The van der Waals surface area contributed by atoms with Gasteiger partial charge >= 0.3 is 0 Å². The second kappa shape index (κ2) is 5.00. The lowest BCUT2D eigenvalue weighted by Gasteiger charge is -2.20. The molecule has 0 fully saturated rings. The average Bonchev–Trinajstić information content (AvgIpc) is 2.61. The Morgan fingerprint density at radius 3 is 2.08 bits per heavy atom. The summed E-state index contributed by atoms with van der Waals surface area (Å²) >= 11 is 0. The van der Waals surface area contributed by atoms with Crippen molar-refractivity contribution in [3.63, 3.8) is 0 Å². The highest BCUT2D eigenvalue weighted by Gasteiger charge is 2.39. The van der Waals surface area contributed by atoms with Crippen molar-refractivity contribution < 1.29 is 19.8 Å². The molecule has 2 aliphatic rings. The van der Waals surface area contributed by atoms with Crippen LogP contribution in [0.25, 0.3) is 23.4 Å². The van der Waals surface area contributed by atoms with Gasteiger partial charge in [0.25, 0.3) is 10.9 Å². The van der Waals surface area contributed by atoms with Crippen LogP contribution in [0.3, 0.4) is 0 Å². The van der Waals surface area contributed by atoms with Gasteiger partial charge in [-0.2, -0.15) is 0 Å². The number of aliphatic hydroxyl groups is 2. The third-order valence-corrected chi connectivity index (χ3v) is 4.19. The molecule has 1 aromatic heterocycles. The standard InChI is InChI=1S/C16H6N2O8/c19-5-1-3-4(2-6(5)20)18-10-9(17-3)7-8(12(22)14(10)24)13(23)16(26)15(25)11(7)21/h1-2,6,12,20,22H/t6?,12-/m1/s1. The van der Waals surface area contributed by atoms with E-state index >= 15 is 0 Å². The summed E-state index contributed by atoms with van der Waals surface area (Å²) in [6.07, 6.45) is -1.70. The number of aromatic nitrogens is 2. The molecule has 26 heavy (non-hydrogen) atoms. The lowest BCUT2D eigenvalue weighted by molar-refractivity contribution is -0.118. The first-order chi connectivity index (χ1) is 12.2. The van der Waals surface area contributed by atoms with Gasteiger partial charge in [0.05, 0.1) is 21.8 Å². The first-order valence-electron chi connectivity index (χ1n) is 7.20. The van der Waals surface area contributed by atoms with Gasteiger partial charge in [-0.1, -0.05) is 0 Å². The fourth-order valence-electron chi connectivity index (χ4n) is 2.92. The minimum Gasteiger partial charge on any atom is -0.381 e. The van der Waals surface area contributed by atoms with E-state index < -0.39 is 68.0 Å². The van der Waals surface area contributed by atoms with E-state index in [1.165, 1.54) is 0 Å². The number of benzene rings is 1. The SMILES string of the molecule is O=C1C=c2nc3c(nc2=CC1O)C(=O)[C@H](O)c1c-3c(=O)c(=O)c(=O)c1=O. The molecule has 0 bridgehead atoms. The number of ketones is 2. The number of carbonyl (C=O) groups excluding carboxylic acids is 2. The third kappa shape index (κ3) is 1.87. The third-order valence-electron chi connectivity index (χ3n) is 4.19. The topological polar surface area (TPSA) is 169 Å². The Morgan fingerprint density at radius 2 is 1.38 bits per heavy atom. The van der Waals surface area contributed by atoms with Gasteiger partial charge in [-0.25, -0.2) is 9.97 Å². The van der Waals surface area contributed by atoms with Gasteiger partial charge in [-0.3, -0.25) is 28.8 Å². The van der Waals surface area contributed by atoms with Crippen molar-refractivity contribution in [2.24, 2.45) is 0 Å². The highest BCUT2D eigenvalue weighted by atomic mass is 16.3. The van der Waals surface area contributed by atoms with Crippen molar-refractivity contribution >= 4 is 23.7 Å². The molecule has 1 aromatic carbocycles. The Bertz CT molecular complexity index is 1380. The van der Waals surface area contributed by atoms with Crippen LogP contribution in [-0.4, -0.2) is 37.9 Å². The highest BCUT2D eigenvalue weighted by Crippen LogP contribution is 2.30. The molecule has 0 spiro atoms. The molecule has 0 saturated carbocycles. The lowest BCUT2D eigenvalue weighted by Crippen LogP contribution is -2.52. The van der Waals surface area contributed by atoms with E-state index in [1.807, 2.05) is 0 Å². The number of aliphatic hydroxyl groups excluding tert-OH is 2. The van der Waals surface area contributed by atoms with Crippen molar-refractivity contribution in [3.8, 4) is 11.3 Å². The Kier molecular flexibility index (Phi) is 3.08. The van der Waals surface area contributed by atoms with Crippen molar-refractivity contribution in [2.45, 2.75) is 12.2 Å². The van der Waals surface area contributed by atoms with E-state index in [2.05, 4.69) is 9.97 Å². The monoisotopic (exact) mass is 354 g/mol. The summed E-state index contributed by atoms with van der Waals surface area (Å²) in [6, 6.07) is 0. The van der Waals surface area contributed by atoms with Gasteiger partial charge in [0.1, 0.15) is 23.6 Å². The first kappa shape index (κ1) is 16.0. The molecule has 4 rings (SSSR count). The molecule has 0 aliphatic heterocycles. The van der Waals surface area contributed by atoms with Gasteiger partial charge in [0, 0.05) is 6.08 Å². The van der Waals surface area contributed by atoms with Gasteiger partial charge in [-0.15, -0.1) is 0 Å². The first-order valence-corrected chi connectivity index (χ1v) is 7.20. The zero-order chi connectivity index (χ0) is 18.9. The van der Waals surface area contributed by atoms with Crippen LogP contribution in [0.5, 0.6) is 0 Å². The highest BCUT2D eigenvalue weighted by molar-refractivity contribution is 6.12. The van der Waals surface area contributed by atoms with Gasteiger partial charge in [0.2, 0.25) is 16.6 Å². The molecule has 2 aliphatic carbocycles. The van der Waals surface area contributed by atoms with Crippen LogP contribution in [0.4, 0.5) is 0 Å². The van der Waals surface area contributed by atoms with Crippen LogP contribution in [0.2, 0.25) is 0 Å². The molecule has 10 heteroatoms. The van der Waals surface area contributed by atoms with Crippen LogP contribution in [0, 0.1) is 0 Å². The molecule has 2 atom stereocenters. The number of fused-ring (bicyclic) bond motifs is 4. The second-order valence-corrected chi connectivity index (χ2v) is 5.72. The molecule has 1 heterocycles. The molecule has 128 valence electrons. The molecular formula is C16H6N2O8. The Balaban J connectivity index is 2.25. The van der Waals surface area contributed by atoms with Crippen molar-refractivity contribution in [2.75, 3.05) is 0 Å². The van der Waals surface area contributed by atoms with Crippen molar-refractivity contribution in [1.29, 1.82) is 0 Å². The van der Waals surface area contributed by atoms with E-state index in [4.69, 9.17) is 0 Å². The number of hydrogen-bond acceptors (Lipinski definition) is 10. The van der Waals surface area contributed by atoms with Crippen LogP contribution < -0.4 is 32.4 Å². The second-order valence-electron chi connectivity index (χ2n) is 5.72. The van der Waals surface area contributed by atoms with Crippen LogP contribution >= 0.6 is 0 Å². The summed E-state index contributed by atoms with van der Waals surface area (Å²) in [5.41, 5.74) is -8.58. The van der Waals surface area contributed by atoms with Crippen molar-refractivity contribution in [3.05, 3.63) is 62.8 Å². The number of Topliss-reactive ketones (excluding diaryl/α,β-unsaturated/α-hetero) is 2. The Labute approximate surface area is 140 Å². The molecule has 0 radical (unpaired) electrons. The molecule has 10 nitrogen and oxygen atoms in total. The van der Waals surface area contributed by atoms with E-state index in [1.54, 1.807) is 0 Å². The fraction of sp³-hybridized carbons (Fsp3) is 0.125. The zero-order valence-electron chi connectivity index (χ0n) is 12.5. The number of hydrogen-bond donors (Lipinski definition) is 2. The quantitative estimate of drug-likeness (QED) is 0.438. The molecule has 1 unspecified atom stereocenters. The predicted molar refractivity (Wildman–Crippen MR) is 83.4 cm³/mol. The Hall–Kier alpha value is -3.50. The molecular weight excluding hydrogens is 348 g/mol. The zero-order valence-corrected chi connectivity index (χ0v) is 12.5. The summed E-state index contributed by atoms with van der Waals surface area (Å²) in [6.45, 7) is 0. The molecule has 2 aromatic rings. The summed E-state index contributed by atoms with van der Waals surface area (Å²) in [7, 11) is 0. The summed E-state index contributed by atoms with van der Waals surface area (Å²) in [4.78, 5) is 79.3. The summed E-state index contributed by atoms with van der Waals surface area (Å²) in [5, 5.41) is 19.5. The van der Waals surface area contributed by atoms with E-state index in [0.717, 1.165) is 12.2 Å². The van der Waals surface area contributed by atoms with Crippen LogP contribution in [0.1, 0.15) is 22.2 Å². The van der Waals surface area contributed by atoms with E-state index in [-0.39, 0.29) is 10.7 Å². The number of rotatable bonds is 0. The predicted octanol–water partition coefficient (Wildman–Crippen LogP) is -4.81. The maximum atomic E-state index is 12.3. The largest absolute Gasteiger partial charge is 0.381 e. The van der Waals surface area contributed by atoms with Crippen LogP contribution in [0.15, 0.2) is 19.2 Å². The Morgan fingerprint density at radius 1 is 0.769 bits per heavy atom. The van der Waals surface area contributed by atoms with Gasteiger partial charge in [-0.05, 0) is 6.08 Å². The maximum absolute atomic E-state index is 12.3. The smallest absolute Gasteiger partial charge is 0.277 e. The summed E-state index contributed by atoms with van der Waals surface area (Å²) in [5.74, 6) is -1.82. The lowest BCUT2D eigenvalue weighted by atomic mass is 9.87. The summed E-state index contributed by atoms with van der Waals surface area (Å²) < 4.78 is 0. The normalized spacial score (nSPS) is 20.5. The number of carbonyl (C=O) groups is 2. The fourth-order valence-corrected chi connectivity index (χ4v) is 2.92. The minimum absolute atomic E-state index is 0.0440. The van der Waals surface area contributed by atoms with Crippen molar-refractivity contribution in [1.82, 2.24) is 9.97 Å². The molecule has 0 saturated heterocycles. The van der Waals surface area contributed by atoms with Crippen LogP contribution in [-0.2, 0) is 4.79 Å². The number of nitrogens with zero attached hydrogens (tertiary/aromatic N) is 2. The minimum atomic E-state index is -2.16. The van der Waals surface area contributed by atoms with Gasteiger partial charge in [0.15, 0.2) is 5.78 Å². The van der Waals surface area contributed by atoms with E-state index in [0.29, 0.717) is 0 Å². The van der Waals surface area contributed by atoms with Gasteiger partial charge < -0.3 is 10.2 Å². The average molecular weight is 354 g/mol.